The molecular formula is C15H11NO2. The van der Waals surface area contributed by atoms with Crippen LogP contribution in [0.15, 0.2) is 42.5 Å². The van der Waals surface area contributed by atoms with Crippen molar-refractivity contribution in [2.45, 2.75) is 6.92 Å². The first-order chi connectivity index (χ1) is 8.72. The molecule has 0 saturated carbocycles. The van der Waals surface area contributed by atoms with Gasteiger partial charge in [0.25, 0.3) is 0 Å². The highest BCUT2D eigenvalue weighted by molar-refractivity contribution is 5.79. The van der Waals surface area contributed by atoms with Gasteiger partial charge in [0, 0.05) is 0 Å². The molecule has 0 radical (unpaired) electrons. The van der Waals surface area contributed by atoms with Crippen LogP contribution in [0.1, 0.15) is 21.5 Å². The summed E-state index contributed by atoms with van der Waals surface area (Å²) >= 11 is 0. The predicted octanol–water partition coefficient (Wildman–Crippen LogP) is 3.47. The number of hydrogen-bond donors (Lipinski definition) is 0. The molecule has 0 aliphatic carbocycles. The van der Waals surface area contributed by atoms with E-state index in [2.05, 4.69) is 0 Å². The van der Waals surface area contributed by atoms with Gasteiger partial charge >= 0.3 is 0 Å². The Morgan fingerprint density at radius 3 is 2.78 bits per heavy atom. The van der Waals surface area contributed by atoms with Crippen LogP contribution in [0.3, 0.4) is 0 Å². The van der Waals surface area contributed by atoms with Gasteiger partial charge in [-0.25, -0.2) is 0 Å². The number of carbonyl (C=O) groups is 1. The second kappa shape index (κ2) is 5.15. The Bertz CT molecular complexity index is 627. The number of carbonyl (C=O) groups excluding carboxylic acids is 1. The van der Waals surface area contributed by atoms with E-state index in [1.807, 2.05) is 19.1 Å². The van der Waals surface area contributed by atoms with Gasteiger partial charge in [-0.1, -0.05) is 17.7 Å². The van der Waals surface area contributed by atoms with Crippen molar-refractivity contribution in [2.75, 3.05) is 0 Å². The normalized spacial score (nSPS) is 9.56. The second-order valence-electron chi connectivity index (χ2n) is 3.90. The number of benzene rings is 2. The summed E-state index contributed by atoms with van der Waals surface area (Å²) < 4.78 is 5.62. The Morgan fingerprint density at radius 1 is 1.22 bits per heavy atom. The number of nitrogens with zero attached hydrogens (tertiary/aromatic N) is 1. The first-order valence-corrected chi connectivity index (χ1v) is 5.47. The molecule has 0 atom stereocenters. The lowest BCUT2D eigenvalue weighted by Gasteiger charge is -2.08. The maximum absolute atomic E-state index is 11.0. The summed E-state index contributed by atoms with van der Waals surface area (Å²) in [5.41, 5.74) is 2.01. The minimum absolute atomic E-state index is 0.491. The molecule has 2 rings (SSSR count). The highest BCUT2D eigenvalue weighted by Gasteiger charge is 2.05. The molecule has 0 aliphatic heterocycles. The summed E-state index contributed by atoms with van der Waals surface area (Å²) in [4.78, 5) is 11.0. The Morgan fingerprint density at radius 2 is 2.06 bits per heavy atom. The zero-order valence-electron chi connectivity index (χ0n) is 9.88. The Hall–Kier alpha value is -2.60. The van der Waals surface area contributed by atoms with Crippen LogP contribution in [0.5, 0.6) is 11.5 Å². The van der Waals surface area contributed by atoms with E-state index in [9.17, 15) is 4.79 Å². The number of nitriles is 1. The fourth-order valence-corrected chi connectivity index (χ4v) is 1.61. The first kappa shape index (κ1) is 11.9. The molecule has 3 nitrogen and oxygen atoms in total. The lowest BCUT2D eigenvalue weighted by molar-refractivity contribution is 0.112. The first-order valence-electron chi connectivity index (χ1n) is 5.47. The fraction of sp³-hybridized carbons (Fsp3) is 0.0667. The zero-order valence-corrected chi connectivity index (χ0v) is 9.88. The maximum Gasteiger partial charge on any atom is 0.153 e. The maximum atomic E-state index is 11.0. The van der Waals surface area contributed by atoms with E-state index in [4.69, 9.17) is 10.00 Å². The average Bonchev–Trinajstić information content (AvgIpc) is 2.41. The van der Waals surface area contributed by atoms with E-state index in [1.54, 1.807) is 36.4 Å². The summed E-state index contributed by atoms with van der Waals surface area (Å²) in [6.45, 7) is 1.91. The molecular weight excluding hydrogens is 226 g/mol. The van der Waals surface area contributed by atoms with Crippen molar-refractivity contribution in [3.63, 3.8) is 0 Å². The van der Waals surface area contributed by atoms with Crippen molar-refractivity contribution in [2.24, 2.45) is 0 Å². The van der Waals surface area contributed by atoms with Gasteiger partial charge in [0.15, 0.2) is 6.29 Å². The van der Waals surface area contributed by atoms with E-state index in [0.29, 0.717) is 22.6 Å². The van der Waals surface area contributed by atoms with E-state index in [-0.39, 0.29) is 0 Å². The Balaban J connectivity index is 2.34. The van der Waals surface area contributed by atoms with Crippen molar-refractivity contribution >= 4 is 6.29 Å². The summed E-state index contributed by atoms with van der Waals surface area (Å²) in [7, 11) is 0. The van der Waals surface area contributed by atoms with E-state index in [0.717, 1.165) is 11.8 Å². The van der Waals surface area contributed by atoms with Crippen LogP contribution < -0.4 is 4.74 Å². The summed E-state index contributed by atoms with van der Waals surface area (Å²) in [6, 6.07) is 14.2. The van der Waals surface area contributed by atoms with E-state index in [1.165, 1.54) is 0 Å². The molecule has 0 spiro atoms. The molecule has 0 aliphatic rings. The SMILES string of the molecule is Cc1ccc(Oc2cccc(C#N)c2)c(C=O)c1. The van der Waals surface area contributed by atoms with Gasteiger partial charge in [0.2, 0.25) is 0 Å². The standard InChI is InChI=1S/C15H11NO2/c1-11-5-6-15(13(7-11)10-17)18-14-4-2-3-12(8-14)9-16/h2-8,10H,1H3. The largest absolute Gasteiger partial charge is 0.457 e. The topological polar surface area (TPSA) is 50.1 Å². The van der Waals surface area contributed by atoms with Crippen LogP contribution in [0.2, 0.25) is 0 Å². The van der Waals surface area contributed by atoms with Crippen LogP contribution in [-0.2, 0) is 0 Å². The van der Waals surface area contributed by atoms with Crippen molar-refractivity contribution in [3.8, 4) is 17.6 Å². The van der Waals surface area contributed by atoms with Crippen molar-refractivity contribution in [1.82, 2.24) is 0 Å². The molecule has 0 saturated heterocycles. The fourth-order valence-electron chi connectivity index (χ4n) is 1.61. The van der Waals surface area contributed by atoms with E-state index >= 15 is 0 Å². The zero-order chi connectivity index (χ0) is 13.0. The van der Waals surface area contributed by atoms with Gasteiger partial charge < -0.3 is 4.74 Å². The van der Waals surface area contributed by atoms with Crippen LogP contribution in [-0.4, -0.2) is 6.29 Å². The minimum atomic E-state index is 0.491. The summed E-state index contributed by atoms with van der Waals surface area (Å²) in [6.07, 6.45) is 0.760. The van der Waals surface area contributed by atoms with Crippen molar-refractivity contribution < 1.29 is 9.53 Å². The third kappa shape index (κ3) is 2.55. The molecule has 2 aromatic rings. The molecule has 0 fully saturated rings. The summed E-state index contributed by atoms with van der Waals surface area (Å²) in [5.74, 6) is 1.03. The van der Waals surface area contributed by atoms with Crippen molar-refractivity contribution in [3.05, 3.63) is 59.2 Å². The van der Waals surface area contributed by atoms with Gasteiger partial charge in [-0.05, 0) is 37.3 Å². The van der Waals surface area contributed by atoms with Crippen LogP contribution >= 0.6 is 0 Å². The Kier molecular flexibility index (Phi) is 3.40. The number of aryl methyl sites for hydroxylation is 1. The predicted molar refractivity (Wildman–Crippen MR) is 67.8 cm³/mol. The van der Waals surface area contributed by atoms with Gasteiger partial charge in [0.05, 0.1) is 17.2 Å². The third-order valence-corrected chi connectivity index (χ3v) is 2.48. The number of aldehydes is 1. The Labute approximate surface area is 105 Å². The van der Waals surface area contributed by atoms with Gasteiger partial charge in [-0.15, -0.1) is 0 Å². The van der Waals surface area contributed by atoms with Gasteiger partial charge in [-0.3, -0.25) is 4.79 Å². The molecule has 0 N–H and O–H groups in total. The quantitative estimate of drug-likeness (QED) is 0.768. The molecule has 0 heterocycles. The van der Waals surface area contributed by atoms with Crippen LogP contribution in [0.25, 0.3) is 0 Å². The molecule has 0 bridgehead atoms. The molecule has 0 amide bonds. The molecule has 88 valence electrons. The monoisotopic (exact) mass is 237 g/mol. The molecule has 2 aromatic carbocycles. The average molecular weight is 237 g/mol. The highest BCUT2D eigenvalue weighted by Crippen LogP contribution is 2.25. The minimum Gasteiger partial charge on any atom is -0.457 e. The van der Waals surface area contributed by atoms with Crippen LogP contribution in [0.4, 0.5) is 0 Å². The summed E-state index contributed by atoms with van der Waals surface area (Å²) in [5, 5.41) is 8.80. The van der Waals surface area contributed by atoms with Crippen molar-refractivity contribution in [1.29, 1.82) is 5.26 Å². The molecule has 0 unspecified atom stereocenters. The number of ether oxygens (including phenoxy) is 1. The van der Waals surface area contributed by atoms with Gasteiger partial charge in [-0.2, -0.15) is 5.26 Å². The molecule has 3 heteroatoms. The van der Waals surface area contributed by atoms with E-state index < -0.39 is 0 Å². The van der Waals surface area contributed by atoms with Gasteiger partial charge in [0.1, 0.15) is 11.5 Å². The molecule has 0 aromatic heterocycles. The highest BCUT2D eigenvalue weighted by atomic mass is 16.5. The number of rotatable bonds is 3. The third-order valence-electron chi connectivity index (χ3n) is 2.48. The molecule has 18 heavy (non-hydrogen) atoms. The second-order valence-corrected chi connectivity index (χ2v) is 3.90. The lowest BCUT2D eigenvalue weighted by atomic mass is 10.1. The lowest BCUT2D eigenvalue weighted by Crippen LogP contribution is -1.91. The van der Waals surface area contributed by atoms with Crippen LogP contribution in [0, 0.1) is 18.3 Å². The number of hydrogen-bond acceptors (Lipinski definition) is 3. The smallest absolute Gasteiger partial charge is 0.153 e.